The van der Waals surface area contributed by atoms with Crippen LogP contribution in [-0.4, -0.2) is 41.4 Å². The molecule has 142 valence electrons. The Morgan fingerprint density at radius 3 is 2.58 bits per heavy atom. The molecule has 1 aromatic carbocycles. The van der Waals surface area contributed by atoms with Gasteiger partial charge >= 0.3 is 12.1 Å². The first-order valence-electron chi connectivity index (χ1n) is 8.50. The number of hydrogen-bond donors (Lipinski definition) is 3. The van der Waals surface area contributed by atoms with E-state index in [2.05, 4.69) is 15.4 Å². The highest BCUT2D eigenvalue weighted by Gasteiger charge is 2.36. The van der Waals surface area contributed by atoms with Gasteiger partial charge in [0.1, 0.15) is 18.7 Å². The van der Waals surface area contributed by atoms with Gasteiger partial charge in [-0.2, -0.15) is 0 Å². The minimum absolute atomic E-state index is 0.0897. The number of ether oxygens (including phenoxy) is 2. The van der Waals surface area contributed by atoms with Crippen LogP contribution in [0.25, 0.3) is 0 Å². The Labute approximate surface area is 151 Å². The van der Waals surface area contributed by atoms with E-state index in [9.17, 15) is 19.5 Å². The van der Waals surface area contributed by atoms with Crippen molar-refractivity contribution in [1.29, 1.82) is 0 Å². The van der Waals surface area contributed by atoms with Crippen LogP contribution in [0.1, 0.15) is 32.3 Å². The summed E-state index contributed by atoms with van der Waals surface area (Å²) in [7, 11) is 0. The molecule has 0 aromatic heterocycles. The third-order valence-electron chi connectivity index (χ3n) is 3.84. The number of carbonyl (C=O) groups excluding carboxylic acids is 3. The highest BCUT2D eigenvalue weighted by atomic mass is 16.6. The van der Waals surface area contributed by atoms with Gasteiger partial charge in [-0.1, -0.05) is 44.2 Å². The van der Waals surface area contributed by atoms with Crippen molar-refractivity contribution in [3.05, 3.63) is 35.9 Å². The summed E-state index contributed by atoms with van der Waals surface area (Å²) in [5.41, 5.74) is 0.831. The van der Waals surface area contributed by atoms with Gasteiger partial charge in [0.05, 0.1) is 6.42 Å². The third kappa shape index (κ3) is 6.03. The van der Waals surface area contributed by atoms with Crippen molar-refractivity contribution < 1.29 is 29.0 Å². The minimum atomic E-state index is -1.38. The summed E-state index contributed by atoms with van der Waals surface area (Å²) < 4.78 is 9.73. The van der Waals surface area contributed by atoms with E-state index in [0.29, 0.717) is 6.42 Å². The van der Waals surface area contributed by atoms with E-state index in [1.807, 2.05) is 44.2 Å². The predicted molar refractivity (Wildman–Crippen MR) is 91.7 cm³/mol. The first-order chi connectivity index (χ1) is 12.3. The monoisotopic (exact) mass is 364 g/mol. The smallest absolute Gasteiger partial charge is 0.408 e. The van der Waals surface area contributed by atoms with Gasteiger partial charge < -0.3 is 25.2 Å². The molecule has 1 fully saturated rings. The van der Waals surface area contributed by atoms with Crippen LogP contribution in [0.2, 0.25) is 0 Å². The molecule has 1 unspecified atom stereocenters. The fourth-order valence-electron chi connectivity index (χ4n) is 2.56. The zero-order valence-electron chi connectivity index (χ0n) is 14.8. The lowest BCUT2D eigenvalue weighted by Crippen LogP contribution is -2.52. The van der Waals surface area contributed by atoms with Crippen molar-refractivity contribution in [2.75, 3.05) is 0 Å². The van der Waals surface area contributed by atoms with E-state index in [1.54, 1.807) is 0 Å². The molecule has 26 heavy (non-hydrogen) atoms. The Morgan fingerprint density at radius 1 is 1.31 bits per heavy atom. The molecule has 8 nitrogen and oxygen atoms in total. The molecule has 1 aliphatic rings. The first kappa shape index (κ1) is 19.7. The molecule has 0 bridgehead atoms. The number of benzene rings is 1. The Balaban J connectivity index is 1.89. The first-order valence-corrected chi connectivity index (χ1v) is 8.50. The van der Waals surface area contributed by atoms with E-state index in [1.165, 1.54) is 0 Å². The molecular weight excluding hydrogens is 340 g/mol. The van der Waals surface area contributed by atoms with Gasteiger partial charge in [-0.05, 0) is 17.9 Å². The second kappa shape index (κ2) is 9.19. The average molecular weight is 364 g/mol. The van der Waals surface area contributed by atoms with Gasteiger partial charge in [0.2, 0.25) is 12.2 Å². The lowest BCUT2D eigenvalue weighted by atomic mass is 10.0. The highest BCUT2D eigenvalue weighted by molar-refractivity contribution is 5.86. The minimum Gasteiger partial charge on any atom is -0.445 e. The summed E-state index contributed by atoms with van der Waals surface area (Å²) in [6, 6.07) is 7.50. The summed E-state index contributed by atoms with van der Waals surface area (Å²) in [6.07, 6.45) is -1.82. The molecule has 0 aliphatic carbocycles. The molecular formula is C18H24N2O6. The molecule has 3 atom stereocenters. The summed E-state index contributed by atoms with van der Waals surface area (Å²) in [5.74, 6) is -0.956. The van der Waals surface area contributed by atoms with E-state index >= 15 is 0 Å². The van der Waals surface area contributed by atoms with E-state index < -0.39 is 36.3 Å². The van der Waals surface area contributed by atoms with Gasteiger partial charge in [-0.25, -0.2) is 4.79 Å². The van der Waals surface area contributed by atoms with Crippen LogP contribution in [0, 0.1) is 5.92 Å². The van der Waals surface area contributed by atoms with Crippen LogP contribution in [0.4, 0.5) is 4.79 Å². The maximum atomic E-state index is 12.4. The molecule has 1 aliphatic heterocycles. The highest BCUT2D eigenvalue weighted by Crippen LogP contribution is 2.14. The number of nitrogens with one attached hydrogen (secondary N) is 2. The fraction of sp³-hybridized carbons (Fsp3) is 0.500. The molecule has 2 amide bonds. The molecule has 1 saturated heterocycles. The molecule has 1 heterocycles. The zero-order chi connectivity index (χ0) is 19.1. The predicted octanol–water partition coefficient (Wildman–Crippen LogP) is 1.08. The lowest BCUT2D eigenvalue weighted by molar-refractivity contribution is -0.155. The molecule has 0 spiro atoms. The van der Waals surface area contributed by atoms with Crippen LogP contribution >= 0.6 is 0 Å². The molecule has 8 heteroatoms. The number of aliphatic hydroxyl groups is 1. The average Bonchev–Trinajstić information content (AvgIpc) is 2.90. The van der Waals surface area contributed by atoms with Crippen LogP contribution in [0.15, 0.2) is 30.3 Å². The molecule has 2 rings (SSSR count). The normalized spacial score (nSPS) is 20.4. The van der Waals surface area contributed by atoms with Crippen molar-refractivity contribution in [2.24, 2.45) is 5.92 Å². The standard InChI is InChI=1S/C18H24N2O6/c1-11(2)8-13(16(22)19-14-9-15(21)26-17(14)23)20-18(24)25-10-12-6-4-3-5-7-12/h3-7,11,13-14,17,23H,8-10H2,1-2H3,(H,19,22)(H,20,24)/t13-,14-,17?/m0/s1. The number of amides is 2. The number of aliphatic hydroxyl groups excluding tert-OH is 1. The van der Waals surface area contributed by atoms with E-state index in [0.717, 1.165) is 5.56 Å². The van der Waals surface area contributed by atoms with Crippen LogP contribution in [0.3, 0.4) is 0 Å². The van der Waals surface area contributed by atoms with Gasteiger partial charge in [0.25, 0.3) is 0 Å². The Hall–Kier alpha value is -2.61. The molecule has 3 N–H and O–H groups in total. The topological polar surface area (TPSA) is 114 Å². The van der Waals surface area contributed by atoms with E-state index in [4.69, 9.17) is 4.74 Å². The summed E-state index contributed by atoms with van der Waals surface area (Å²) in [6.45, 7) is 3.91. The SMILES string of the molecule is CC(C)C[C@H](NC(=O)OCc1ccccc1)C(=O)N[C@H]1CC(=O)OC1O. The summed E-state index contributed by atoms with van der Waals surface area (Å²) in [5, 5.41) is 14.7. The zero-order valence-corrected chi connectivity index (χ0v) is 14.8. The third-order valence-corrected chi connectivity index (χ3v) is 3.84. The van der Waals surface area contributed by atoms with Crippen molar-refractivity contribution in [2.45, 2.75) is 51.7 Å². The summed E-state index contributed by atoms with van der Waals surface area (Å²) >= 11 is 0. The fourth-order valence-corrected chi connectivity index (χ4v) is 2.56. The van der Waals surface area contributed by atoms with Gasteiger partial charge in [-0.3, -0.25) is 9.59 Å². The molecule has 0 saturated carbocycles. The van der Waals surface area contributed by atoms with Gasteiger partial charge in [0.15, 0.2) is 0 Å². The molecule has 0 radical (unpaired) electrons. The lowest BCUT2D eigenvalue weighted by Gasteiger charge is -2.22. The second-order valence-corrected chi connectivity index (χ2v) is 6.59. The number of hydrogen-bond acceptors (Lipinski definition) is 6. The van der Waals surface area contributed by atoms with Gasteiger partial charge in [-0.15, -0.1) is 0 Å². The largest absolute Gasteiger partial charge is 0.445 e. The van der Waals surface area contributed by atoms with Crippen LogP contribution < -0.4 is 10.6 Å². The Kier molecular flexibility index (Phi) is 6.97. The Morgan fingerprint density at radius 2 is 2.00 bits per heavy atom. The van der Waals surface area contributed by atoms with Crippen LogP contribution in [0.5, 0.6) is 0 Å². The molecule has 1 aromatic rings. The van der Waals surface area contributed by atoms with Crippen LogP contribution in [-0.2, 0) is 25.7 Å². The van der Waals surface area contributed by atoms with Gasteiger partial charge in [0, 0.05) is 0 Å². The maximum Gasteiger partial charge on any atom is 0.408 e. The number of rotatable bonds is 7. The van der Waals surface area contributed by atoms with Crippen molar-refractivity contribution in [3.63, 3.8) is 0 Å². The van der Waals surface area contributed by atoms with Crippen molar-refractivity contribution >= 4 is 18.0 Å². The number of alkyl carbamates (subject to hydrolysis) is 1. The summed E-state index contributed by atoms with van der Waals surface area (Å²) in [4.78, 5) is 35.6. The second-order valence-electron chi connectivity index (χ2n) is 6.59. The Bertz CT molecular complexity index is 634. The number of carbonyl (C=O) groups is 3. The maximum absolute atomic E-state index is 12.4. The van der Waals surface area contributed by atoms with E-state index in [-0.39, 0.29) is 18.9 Å². The number of esters is 1. The quantitative estimate of drug-likeness (QED) is 0.624. The number of cyclic esters (lactones) is 1. The van der Waals surface area contributed by atoms with Crippen molar-refractivity contribution in [3.8, 4) is 0 Å². The van der Waals surface area contributed by atoms with Crippen molar-refractivity contribution in [1.82, 2.24) is 10.6 Å².